The molecular weight excluding hydrogens is 476 g/mol. The Morgan fingerprint density at radius 3 is 2.33 bits per heavy atom. The molecule has 190 valence electrons. The fraction of sp³-hybridized carbons (Fsp3) is 0.259. The Balaban J connectivity index is 1.71. The van der Waals surface area contributed by atoms with E-state index in [-0.39, 0.29) is 29.1 Å². The second-order valence-corrected chi connectivity index (χ2v) is 11.1. The first kappa shape index (κ1) is 26.7. The van der Waals surface area contributed by atoms with Gasteiger partial charge in [-0.2, -0.15) is 0 Å². The van der Waals surface area contributed by atoms with Crippen LogP contribution in [0.1, 0.15) is 32.3 Å². The Hall–Kier alpha value is -3.85. The fourth-order valence-electron chi connectivity index (χ4n) is 4.02. The van der Waals surface area contributed by atoms with Crippen LogP contribution in [0.3, 0.4) is 0 Å². The maximum absolute atomic E-state index is 12.9. The minimum absolute atomic E-state index is 0.0133. The second-order valence-electron chi connectivity index (χ2n) is 9.13. The van der Waals surface area contributed by atoms with Crippen LogP contribution in [-0.4, -0.2) is 37.7 Å². The van der Waals surface area contributed by atoms with Crippen molar-refractivity contribution in [3.63, 3.8) is 0 Å². The van der Waals surface area contributed by atoms with Crippen molar-refractivity contribution in [2.75, 3.05) is 16.9 Å². The summed E-state index contributed by atoms with van der Waals surface area (Å²) < 4.78 is 24.3. The molecular formula is C27H32N4O4S. The number of hydrogen-bond acceptors (Lipinski definition) is 6. The number of amides is 1. The molecule has 5 N–H and O–H groups in total. The van der Waals surface area contributed by atoms with Crippen molar-refractivity contribution >= 4 is 33.0 Å². The smallest absolute Gasteiger partial charge is 0.226 e. The molecule has 9 heteroatoms. The number of nitrogens with zero attached hydrogens (tertiary/aromatic N) is 1. The molecule has 36 heavy (non-hydrogen) atoms. The molecule has 3 aromatic rings. The number of oxime groups is 1. The van der Waals surface area contributed by atoms with E-state index in [4.69, 9.17) is 10.9 Å². The zero-order valence-corrected chi connectivity index (χ0v) is 21.4. The molecule has 0 spiro atoms. The van der Waals surface area contributed by atoms with Crippen LogP contribution in [0.15, 0.2) is 82.8 Å². The molecule has 0 bridgehead atoms. The van der Waals surface area contributed by atoms with Gasteiger partial charge in [0.2, 0.25) is 5.91 Å². The normalized spacial score (nSPS) is 12.8. The molecule has 0 aliphatic carbocycles. The van der Waals surface area contributed by atoms with E-state index in [2.05, 4.69) is 29.6 Å². The van der Waals surface area contributed by atoms with Gasteiger partial charge in [0, 0.05) is 41.2 Å². The number of rotatable bonds is 10. The van der Waals surface area contributed by atoms with E-state index in [1.165, 1.54) is 6.26 Å². The van der Waals surface area contributed by atoms with E-state index in [0.29, 0.717) is 22.7 Å². The van der Waals surface area contributed by atoms with Gasteiger partial charge in [0.1, 0.15) is 0 Å². The summed E-state index contributed by atoms with van der Waals surface area (Å²) in [7, 11) is -3.37. The van der Waals surface area contributed by atoms with Gasteiger partial charge >= 0.3 is 0 Å². The van der Waals surface area contributed by atoms with E-state index in [1.807, 2.05) is 6.07 Å². The van der Waals surface area contributed by atoms with E-state index in [0.717, 1.165) is 17.7 Å². The van der Waals surface area contributed by atoms with Gasteiger partial charge in [-0.05, 0) is 48.2 Å². The SMILES string of the molecule is CC(C)C[C@@H](CC(=O)Nc1ccc(-c2ccccc2S(C)(=O)=O)cc1)Nc1cccc(C(N)=NO)c1. The predicted molar refractivity (Wildman–Crippen MR) is 144 cm³/mol. The second kappa shape index (κ2) is 11.7. The molecule has 8 nitrogen and oxygen atoms in total. The molecule has 0 aliphatic heterocycles. The van der Waals surface area contributed by atoms with Crippen LogP contribution >= 0.6 is 0 Å². The van der Waals surface area contributed by atoms with Gasteiger partial charge in [0.05, 0.1) is 4.90 Å². The molecule has 0 heterocycles. The molecule has 0 fully saturated rings. The average molecular weight is 509 g/mol. The van der Waals surface area contributed by atoms with E-state index in [9.17, 15) is 13.2 Å². The van der Waals surface area contributed by atoms with Crippen LogP contribution in [0.25, 0.3) is 11.1 Å². The van der Waals surface area contributed by atoms with Crippen molar-refractivity contribution in [1.82, 2.24) is 0 Å². The fourth-order valence-corrected chi connectivity index (χ4v) is 4.93. The van der Waals surface area contributed by atoms with Gasteiger partial charge in [-0.25, -0.2) is 8.42 Å². The minimum atomic E-state index is -3.37. The number of carbonyl (C=O) groups excluding carboxylic acids is 1. The Bertz CT molecular complexity index is 1340. The molecule has 3 aromatic carbocycles. The van der Waals surface area contributed by atoms with Crippen molar-refractivity contribution < 1.29 is 18.4 Å². The number of sulfone groups is 1. The summed E-state index contributed by atoms with van der Waals surface area (Å²) in [5.74, 6) is 0.223. The predicted octanol–water partition coefficient (Wildman–Crippen LogP) is 4.71. The zero-order valence-electron chi connectivity index (χ0n) is 20.6. The summed E-state index contributed by atoms with van der Waals surface area (Å²) in [6, 6.07) is 21.0. The largest absolute Gasteiger partial charge is 0.409 e. The Morgan fingerprint density at radius 2 is 1.69 bits per heavy atom. The topological polar surface area (TPSA) is 134 Å². The van der Waals surface area contributed by atoms with Crippen molar-refractivity contribution in [3.05, 3.63) is 78.4 Å². The number of hydrogen-bond donors (Lipinski definition) is 4. The monoisotopic (exact) mass is 508 g/mol. The third-order valence-electron chi connectivity index (χ3n) is 5.59. The number of carbonyl (C=O) groups is 1. The van der Waals surface area contributed by atoms with Gasteiger partial charge in [-0.1, -0.05) is 61.5 Å². The molecule has 0 aliphatic rings. The number of amidine groups is 1. The first-order chi connectivity index (χ1) is 17.1. The molecule has 1 amide bonds. The van der Waals surface area contributed by atoms with E-state index >= 15 is 0 Å². The summed E-state index contributed by atoms with van der Waals surface area (Å²) >= 11 is 0. The number of nitrogens with one attached hydrogen (secondary N) is 2. The van der Waals surface area contributed by atoms with Crippen molar-refractivity contribution in [2.24, 2.45) is 16.8 Å². The minimum Gasteiger partial charge on any atom is -0.409 e. The highest BCUT2D eigenvalue weighted by molar-refractivity contribution is 7.90. The Kier molecular flexibility index (Phi) is 8.71. The highest BCUT2D eigenvalue weighted by Gasteiger charge is 2.17. The summed E-state index contributed by atoms with van der Waals surface area (Å²) in [6.45, 7) is 4.18. The van der Waals surface area contributed by atoms with Crippen LogP contribution in [0, 0.1) is 5.92 Å². The third-order valence-corrected chi connectivity index (χ3v) is 6.75. The lowest BCUT2D eigenvalue weighted by atomic mass is 10.00. The molecule has 1 atom stereocenters. The summed E-state index contributed by atoms with van der Waals surface area (Å²) in [5.41, 5.74) is 9.03. The number of nitrogens with two attached hydrogens (primary N) is 1. The molecule has 0 radical (unpaired) electrons. The first-order valence-electron chi connectivity index (χ1n) is 11.6. The first-order valence-corrected chi connectivity index (χ1v) is 13.5. The molecule has 0 unspecified atom stereocenters. The van der Waals surface area contributed by atoms with Crippen molar-refractivity contribution in [3.8, 4) is 11.1 Å². The Morgan fingerprint density at radius 1 is 1.00 bits per heavy atom. The van der Waals surface area contributed by atoms with Crippen LogP contribution in [0.2, 0.25) is 0 Å². The Labute approximate surface area is 212 Å². The van der Waals surface area contributed by atoms with Crippen molar-refractivity contribution in [2.45, 2.75) is 37.6 Å². The molecule has 0 aromatic heterocycles. The van der Waals surface area contributed by atoms with Crippen molar-refractivity contribution in [1.29, 1.82) is 0 Å². The van der Waals surface area contributed by atoms with E-state index in [1.54, 1.807) is 66.7 Å². The maximum atomic E-state index is 12.9. The standard InChI is InChI=1S/C27H32N4O4S/c1-18(2)15-23(29-22-8-6-7-20(16-22)27(28)31-33)17-26(32)30-21-13-11-19(12-14-21)24-9-4-5-10-25(24)36(3,34)35/h4-14,16,18,23,29,33H,15,17H2,1-3H3,(H2,28,31)(H,30,32)/t23-/m0/s1. The van der Waals surface area contributed by atoms with Crippen LogP contribution in [0.4, 0.5) is 11.4 Å². The highest BCUT2D eigenvalue weighted by atomic mass is 32.2. The quantitative estimate of drug-likeness (QED) is 0.136. The van der Waals surface area contributed by atoms with E-state index < -0.39 is 9.84 Å². The summed E-state index contributed by atoms with van der Waals surface area (Å²) in [4.78, 5) is 13.1. The summed E-state index contributed by atoms with van der Waals surface area (Å²) in [5, 5.41) is 18.3. The van der Waals surface area contributed by atoms with Gasteiger partial charge in [-0.3, -0.25) is 4.79 Å². The van der Waals surface area contributed by atoms with Crippen LogP contribution < -0.4 is 16.4 Å². The number of benzene rings is 3. The molecule has 0 saturated carbocycles. The molecule has 0 saturated heterocycles. The lowest BCUT2D eigenvalue weighted by Gasteiger charge is -2.22. The van der Waals surface area contributed by atoms with Crippen LogP contribution in [0.5, 0.6) is 0 Å². The lowest BCUT2D eigenvalue weighted by Crippen LogP contribution is -2.28. The molecule has 3 rings (SSSR count). The summed E-state index contributed by atoms with van der Waals surface area (Å²) in [6.07, 6.45) is 2.19. The maximum Gasteiger partial charge on any atom is 0.226 e. The lowest BCUT2D eigenvalue weighted by molar-refractivity contribution is -0.116. The van der Waals surface area contributed by atoms with Gasteiger partial charge in [-0.15, -0.1) is 0 Å². The van der Waals surface area contributed by atoms with Crippen LogP contribution in [-0.2, 0) is 14.6 Å². The van der Waals surface area contributed by atoms with Gasteiger partial charge in [0.15, 0.2) is 15.7 Å². The number of anilines is 2. The zero-order chi connectivity index (χ0) is 26.3. The van der Waals surface area contributed by atoms with Gasteiger partial charge < -0.3 is 21.6 Å². The third kappa shape index (κ3) is 7.32. The van der Waals surface area contributed by atoms with Gasteiger partial charge in [0.25, 0.3) is 0 Å². The average Bonchev–Trinajstić information content (AvgIpc) is 2.83. The highest BCUT2D eigenvalue weighted by Crippen LogP contribution is 2.28.